The van der Waals surface area contributed by atoms with Crippen LogP contribution < -0.4 is 19.9 Å². The Labute approximate surface area is 228 Å². The summed E-state index contributed by atoms with van der Waals surface area (Å²) in [6.07, 6.45) is 2.33. The van der Waals surface area contributed by atoms with Gasteiger partial charge in [0.1, 0.15) is 17.2 Å². The number of nitrogens with zero attached hydrogens (tertiary/aromatic N) is 6. The lowest BCUT2D eigenvalue weighted by Gasteiger charge is -2.37. The van der Waals surface area contributed by atoms with Crippen molar-refractivity contribution in [2.24, 2.45) is 7.05 Å². The summed E-state index contributed by atoms with van der Waals surface area (Å²) < 4.78 is 13.1. The maximum atomic E-state index is 13.5. The Hall–Kier alpha value is -4.02. The first-order valence-electron chi connectivity index (χ1n) is 13.4. The number of piperazine rings is 1. The summed E-state index contributed by atoms with van der Waals surface area (Å²) in [5.41, 5.74) is 3.85. The number of aromatic nitrogens is 3. The van der Waals surface area contributed by atoms with Gasteiger partial charge in [-0.05, 0) is 53.2 Å². The van der Waals surface area contributed by atoms with Crippen LogP contribution >= 0.6 is 0 Å². The molecule has 39 heavy (non-hydrogen) atoms. The van der Waals surface area contributed by atoms with E-state index in [0.29, 0.717) is 63.0 Å². The Morgan fingerprint density at radius 2 is 1.82 bits per heavy atom. The van der Waals surface area contributed by atoms with E-state index in [1.165, 1.54) is 0 Å². The number of ether oxygens (including phenoxy) is 2. The van der Waals surface area contributed by atoms with Gasteiger partial charge in [0.25, 0.3) is 0 Å². The zero-order chi connectivity index (χ0) is 27.9. The highest BCUT2D eigenvalue weighted by atomic mass is 16.6. The van der Waals surface area contributed by atoms with E-state index in [1.54, 1.807) is 14.5 Å². The summed E-state index contributed by atoms with van der Waals surface area (Å²) in [6.45, 7) is 13.0. The normalized spacial score (nSPS) is 15.5. The van der Waals surface area contributed by atoms with Gasteiger partial charge in [-0.2, -0.15) is 5.10 Å². The summed E-state index contributed by atoms with van der Waals surface area (Å²) in [4.78, 5) is 36.5. The molecule has 11 nitrogen and oxygen atoms in total. The molecule has 0 bridgehead atoms. The fourth-order valence-electron chi connectivity index (χ4n) is 5.13. The van der Waals surface area contributed by atoms with Crippen molar-refractivity contribution in [1.29, 1.82) is 0 Å². The van der Waals surface area contributed by atoms with Crippen molar-refractivity contribution in [3.05, 3.63) is 35.7 Å². The second-order valence-electron chi connectivity index (χ2n) is 11.0. The van der Waals surface area contributed by atoms with Crippen molar-refractivity contribution in [3.8, 4) is 5.75 Å². The van der Waals surface area contributed by atoms with Crippen molar-refractivity contribution in [1.82, 2.24) is 19.7 Å². The number of amides is 3. The number of anilines is 3. The molecule has 0 aliphatic carbocycles. The Kier molecular flexibility index (Phi) is 7.00. The van der Waals surface area contributed by atoms with E-state index in [2.05, 4.69) is 21.4 Å². The molecule has 2 aliphatic heterocycles. The minimum atomic E-state index is -0.519. The van der Waals surface area contributed by atoms with Gasteiger partial charge in [-0.15, -0.1) is 0 Å². The molecule has 5 rings (SSSR count). The fraction of sp³-hybridized carbons (Fsp3) is 0.500. The third-order valence-electron chi connectivity index (χ3n) is 6.83. The van der Waals surface area contributed by atoms with Crippen molar-refractivity contribution < 1.29 is 19.1 Å². The first-order valence-corrected chi connectivity index (χ1v) is 13.4. The second kappa shape index (κ2) is 10.3. The van der Waals surface area contributed by atoms with Gasteiger partial charge in [0.05, 0.1) is 17.8 Å². The summed E-state index contributed by atoms with van der Waals surface area (Å²) in [7, 11) is 1.86. The minimum Gasteiger partial charge on any atom is -0.492 e. The highest BCUT2D eigenvalue weighted by molar-refractivity contribution is 6.05. The Morgan fingerprint density at radius 1 is 1.08 bits per heavy atom. The zero-order valence-corrected chi connectivity index (χ0v) is 23.6. The van der Waals surface area contributed by atoms with E-state index >= 15 is 0 Å². The number of pyridine rings is 1. The first kappa shape index (κ1) is 26.6. The molecule has 0 saturated carbocycles. The van der Waals surface area contributed by atoms with E-state index in [9.17, 15) is 9.59 Å². The number of rotatable bonds is 4. The quantitative estimate of drug-likeness (QED) is 0.530. The molecule has 0 atom stereocenters. The van der Waals surface area contributed by atoms with Crippen LogP contribution in [0.4, 0.5) is 26.8 Å². The zero-order valence-electron chi connectivity index (χ0n) is 23.6. The van der Waals surface area contributed by atoms with Gasteiger partial charge in [-0.3, -0.25) is 9.58 Å². The van der Waals surface area contributed by atoms with Gasteiger partial charge in [-0.1, -0.05) is 0 Å². The molecule has 0 spiro atoms. The molecule has 1 aromatic carbocycles. The predicted octanol–water partition coefficient (Wildman–Crippen LogP) is 4.33. The molecule has 2 aromatic heterocycles. The number of carbonyl (C=O) groups excluding carboxylic acids is 2. The van der Waals surface area contributed by atoms with Gasteiger partial charge in [-0.25, -0.2) is 14.6 Å². The van der Waals surface area contributed by atoms with Crippen LogP contribution in [0.3, 0.4) is 0 Å². The molecular weight excluding hydrogens is 498 g/mol. The third-order valence-corrected chi connectivity index (χ3v) is 6.83. The summed E-state index contributed by atoms with van der Waals surface area (Å²) in [5.74, 6) is 1.26. The maximum absolute atomic E-state index is 13.5. The largest absolute Gasteiger partial charge is 0.492 e. The van der Waals surface area contributed by atoms with Gasteiger partial charge in [0.2, 0.25) is 0 Å². The van der Waals surface area contributed by atoms with Gasteiger partial charge < -0.3 is 24.6 Å². The molecule has 4 heterocycles. The number of carbonyl (C=O) groups is 2. The smallest absolute Gasteiger partial charge is 0.410 e. The van der Waals surface area contributed by atoms with Crippen molar-refractivity contribution in [2.45, 2.75) is 46.6 Å². The van der Waals surface area contributed by atoms with Crippen molar-refractivity contribution in [2.75, 3.05) is 54.4 Å². The van der Waals surface area contributed by atoms with Crippen LogP contribution in [-0.4, -0.2) is 76.7 Å². The topological polar surface area (TPSA) is 105 Å². The maximum Gasteiger partial charge on any atom is 0.410 e. The molecule has 208 valence electrons. The first-order chi connectivity index (χ1) is 18.5. The lowest BCUT2D eigenvalue weighted by molar-refractivity contribution is 0.0240. The second-order valence-corrected chi connectivity index (χ2v) is 11.0. The van der Waals surface area contributed by atoms with Crippen LogP contribution in [0.15, 0.2) is 24.4 Å². The summed E-state index contributed by atoms with van der Waals surface area (Å²) >= 11 is 0. The minimum absolute atomic E-state index is 0.253. The van der Waals surface area contributed by atoms with E-state index in [4.69, 9.17) is 14.5 Å². The lowest BCUT2D eigenvalue weighted by Crippen LogP contribution is -2.50. The number of nitrogens with one attached hydrogen (secondary N) is 1. The molecule has 3 amide bonds. The van der Waals surface area contributed by atoms with Crippen molar-refractivity contribution in [3.63, 3.8) is 0 Å². The number of urea groups is 1. The lowest BCUT2D eigenvalue weighted by atomic mass is 10.1. The van der Waals surface area contributed by atoms with E-state index in [0.717, 1.165) is 27.8 Å². The van der Waals surface area contributed by atoms with Crippen LogP contribution in [0.5, 0.6) is 5.75 Å². The van der Waals surface area contributed by atoms with Crippen LogP contribution in [0.1, 0.15) is 39.0 Å². The summed E-state index contributed by atoms with van der Waals surface area (Å²) in [5, 5.41) is 8.41. The third kappa shape index (κ3) is 5.57. The number of fused-ring (bicyclic) bond motifs is 2. The van der Waals surface area contributed by atoms with E-state index < -0.39 is 5.60 Å². The van der Waals surface area contributed by atoms with Crippen LogP contribution in [0.2, 0.25) is 0 Å². The Bertz CT molecular complexity index is 1400. The molecule has 0 radical (unpaired) electrons. The monoisotopic (exact) mass is 535 g/mol. The molecule has 1 fully saturated rings. The number of aryl methyl sites for hydroxylation is 2. The predicted molar refractivity (Wildman–Crippen MR) is 151 cm³/mol. The van der Waals surface area contributed by atoms with Gasteiger partial charge in [0, 0.05) is 74.4 Å². The molecule has 3 aromatic rings. The molecule has 0 unspecified atom stereocenters. The number of hydrogen-bond acceptors (Lipinski definition) is 7. The SMILES string of the molecule is CCOc1cc2nn(C)cc2cc1NC(=O)N1CCc2c(N3CCN(C(=O)OC(C)(C)C)CC3)cc(C)nc21. The average molecular weight is 536 g/mol. The highest BCUT2D eigenvalue weighted by Crippen LogP contribution is 2.37. The van der Waals surface area contributed by atoms with Crippen molar-refractivity contribution >= 4 is 40.2 Å². The molecule has 1 saturated heterocycles. The van der Waals surface area contributed by atoms with E-state index in [1.807, 2.05) is 60.0 Å². The molecule has 11 heteroatoms. The molecular formula is C28H37N7O4. The summed E-state index contributed by atoms with van der Waals surface area (Å²) in [6, 6.07) is 5.56. The van der Waals surface area contributed by atoms with Gasteiger partial charge in [0.15, 0.2) is 0 Å². The Morgan fingerprint density at radius 3 is 2.51 bits per heavy atom. The molecule has 2 aliphatic rings. The number of benzene rings is 1. The fourth-order valence-corrected chi connectivity index (χ4v) is 5.13. The Balaban J connectivity index is 1.34. The number of hydrogen-bond donors (Lipinski definition) is 1. The van der Waals surface area contributed by atoms with Crippen LogP contribution in [0.25, 0.3) is 10.9 Å². The van der Waals surface area contributed by atoms with Gasteiger partial charge >= 0.3 is 12.1 Å². The van der Waals surface area contributed by atoms with E-state index in [-0.39, 0.29) is 12.1 Å². The van der Waals surface area contributed by atoms with Crippen LogP contribution in [-0.2, 0) is 18.2 Å². The average Bonchev–Trinajstić information content (AvgIpc) is 3.45. The molecule has 1 N–H and O–H groups in total. The van der Waals surface area contributed by atoms with Crippen LogP contribution in [0, 0.1) is 6.92 Å². The highest BCUT2D eigenvalue weighted by Gasteiger charge is 2.33. The standard InChI is InChI=1S/C28H37N7O4/c1-7-38-24-16-21-19(17-32(6)31-21)15-22(24)30-26(36)35-9-8-20-23(14-18(2)29-25(20)35)33-10-12-34(13-11-33)27(37)39-28(3,4)5/h14-17H,7-13H2,1-6H3,(H,30,36).